The Kier molecular flexibility index (Phi) is 6.08. The molecule has 4 rings (SSSR count). The number of nitrogens with one attached hydrogen (secondary N) is 1. The monoisotopic (exact) mass is 455 g/mol. The normalized spacial score (nSPS) is 10.8. The van der Waals surface area contributed by atoms with Crippen LogP contribution in [0, 0.1) is 5.82 Å². The van der Waals surface area contributed by atoms with Crippen molar-refractivity contribution in [2.24, 2.45) is 0 Å². The third-order valence-electron chi connectivity index (χ3n) is 4.47. The Morgan fingerprint density at radius 3 is 2.66 bits per heavy atom. The largest absolute Gasteiger partial charge is 0.497 e. The van der Waals surface area contributed by atoms with Gasteiger partial charge in [0.2, 0.25) is 5.91 Å². The molecule has 0 saturated heterocycles. The maximum atomic E-state index is 13.2. The highest BCUT2D eigenvalue weighted by molar-refractivity contribution is 7.99. The summed E-state index contributed by atoms with van der Waals surface area (Å²) in [6, 6.07) is 10.8. The van der Waals surface area contributed by atoms with Gasteiger partial charge in [-0.3, -0.25) is 4.79 Å². The Bertz CT molecular complexity index is 1340. The van der Waals surface area contributed by atoms with E-state index in [0.29, 0.717) is 27.9 Å². The third kappa shape index (κ3) is 4.42. The molecule has 0 radical (unpaired) electrons. The first-order valence-electron chi connectivity index (χ1n) is 9.38. The number of hydrogen-bond donors (Lipinski definition) is 1. The number of hydrogen-bond acceptors (Lipinski definition) is 7. The second-order valence-electron chi connectivity index (χ2n) is 6.54. The molecule has 4 aromatic rings. The molecule has 0 atom stereocenters. The second kappa shape index (κ2) is 9.10. The van der Waals surface area contributed by atoms with Gasteiger partial charge in [-0.15, -0.1) is 5.10 Å². The first kappa shape index (κ1) is 21.4. The maximum absolute atomic E-state index is 13.2. The number of amides is 1. The van der Waals surface area contributed by atoms with Crippen LogP contribution in [0.25, 0.3) is 5.65 Å². The summed E-state index contributed by atoms with van der Waals surface area (Å²) in [5.41, 5.74) is 0.242. The van der Waals surface area contributed by atoms with E-state index >= 15 is 0 Å². The summed E-state index contributed by atoms with van der Waals surface area (Å²) < 4.78 is 25.9. The minimum atomic E-state index is -0.486. The molecular formula is C21H18FN5O4S. The highest BCUT2D eigenvalue weighted by atomic mass is 32.2. The summed E-state index contributed by atoms with van der Waals surface area (Å²) in [6.07, 6.45) is 2.94. The fourth-order valence-electron chi connectivity index (χ4n) is 2.94. The number of halogens is 1. The van der Waals surface area contributed by atoms with Crippen LogP contribution in [-0.2, 0) is 11.3 Å². The van der Waals surface area contributed by atoms with Gasteiger partial charge in [0, 0.05) is 23.4 Å². The number of nitrogens with zero attached hydrogens (tertiary/aromatic N) is 4. The number of benzene rings is 2. The van der Waals surface area contributed by atoms with Gasteiger partial charge in [-0.25, -0.2) is 23.3 Å². The van der Waals surface area contributed by atoms with Gasteiger partial charge in [0.05, 0.1) is 19.9 Å². The van der Waals surface area contributed by atoms with E-state index in [1.54, 1.807) is 30.3 Å². The van der Waals surface area contributed by atoms with Gasteiger partial charge in [-0.2, -0.15) is 0 Å². The molecule has 11 heteroatoms. The average molecular weight is 455 g/mol. The molecule has 0 bridgehead atoms. The highest BCUT2D eigenvalue weighted by Crippen LogP contribution is 2.29. The van der Waals surface area contributed by atoms with Gasteiger partial charge in [-0.05, 0) is 36.4 Å². The Balaban J connectivity index is 1.57. The third-order valence-corrected chi connectivity index (χ3v) is 5.46. The zero-order valence-electron chi connectivity index (χ0n) is 17.1. The van der Waals surface area contributed by atoms with Crippen LogP contribution in [0.1, 0.15) is 0 Å². The predicted molar refractivity (Wildman–Crippen MR) is 116 cm³/mol. The molecular weight excluding hydrogens is 437 g/mol. The van der Waals surface area contributed by atoms with E-state index in [1.165, 1.54) is 54.9 Å². The summed E-state index contributed by atoms with van der Waals surface area (Å²) in [6.45, 7) is -0.309. The maximum Gasteiger partial charge on any atom is 0.350 e. The van der Waals surface area contributed by atoms with Gasteiger partial charge in [0.25, 0.3) is 0 Å². The van der Waals surface area contributed by atoms with Crippen molar-refractivity contribution in [3.05, 3.63) is 71.2 Å². The van der Waals surface area contributed by atoms with E-state index in [9.17, 15) is 14.0 Å². The van der Waals surface area contributed by atoms with Crippen LogP contribution < -0.4 is 20.5 Å². The molecule has 2 aromatic carbocycles. The number of fused-ring (bicyclic) bond motifs is 1. The fourth-order valence-corrected chi connectivity index (χ4v) is 3.78. The molecule has 2 heterocycles. The lowest BCUT2D eigenvalue weighted by Gasteiger charge is -2.11. The van der Waals surface area contributed by atoms with Gasteiger partial charge >= 0.3 is 5.69 Å². The predicted octanol–water partition coefficient (Wildman–Crippen LogP) is 2.84. The summed E-state index contributed by atoms with van der Waals surface area (Å²) in [4.78, 5) is 30.3. The molecule has 0 aliphatic heterocycles. The zero-order valence-corrected chi connectivity index (χ0v) is 17.9. The first-order valence-corrected chi connectivity index (χ1v) is 10.2. The number of carbonyl (C=O) groups excluding carboxylic acids is 1. The van der Waals surface area contributed by atoms with Crippen LogP contribution in [0.3, 0.4) is 0 Å². The van der Waals surface area contributed by atoms with E-state index in [2.05, 4.69) is 15.4 Å². The summed E-state index contributed by atoms with van der Waals surface area (Å²) in [7, 11) is 3.00. The van der Waals surface area contributed by atoms with Crippen molar-refractivity contribution in [2.45, 2.75) is 16.5 Å². The summed E-state index contributed by atoms with van der Waals surface area (Å²) in [5, 5.41) is 7.43. The van der Waals surface area contributed by atoms with E-state index in [0.717, 1.165) is 9.58 Å². The van der Waals surface area contributed by atoms with Crippen molar-refractivity contribution in [1.29, 1.82) is 0 Å². The number of anilines is 1. The van der Waals surface area contributed by atoms with Gasteiger partial charge < -0.3 is 14.8 Å². The van der Waals surface area contributed by atoms with Crippen molar-refractivity contribution in [2.75, 3.05) is 19.5 Å². The van der Waals surface area contributed by atoms with E-state index in [4.69, 9.17) is 9.47 Å². The molecule has 0 aliphatic carbocycles. The van der Waals surface area contributed by atoms with Crippen molar-refractivity contribution < 1.29 is 18.7 Å². The minimum absolute atomic E-state index is 0.293. The Morgan fingerprint density at radius 2 is 1.94 bits per heavy atom. The first-order chi connectivity index (χ1) is 15.5. The van der Waals surface area contributed by atoms with Crippen LogP contribution >= 0.6 is 11.8 Å². The zero-order chi connectivity index (χ0) is 22.7. The second-order valence-corrected chi connectivity index (χ2v) is 7.60. The van der Waals surface area contributed by atoms with Crippen LogP contribution in [-0.4, -0.2) is 39.3 Å². The van der Waals surface area contributed by atoms with Crippen LogP contribution in [0.2, 0.25) is 0 Å². The molecule has 32 heavy (non-hydrogen) atoms. The van der Waals surface area contributed by atoms with Crippen molar-refractivity contribution >= 4 is 29.0 Å². The molecule has 1 amide bonds. The molecule has 2 aromatic heterocycles. The quantitative estimate of drug-likeness (QED) is 0.457. The van der Waals surface area contributed by atoms with Gasteiger partial charge in [0.15, 0.2) is 5.65 Å². The van der Waals surface area contributed by atoms with Gasteiger partial charge in [-0.1, -0.05) is 11.8 Å². The lowest BCUT2D eigenvalue weighted by molar-refractivity contribution is -0.117. The highest BCUT2D eigenvalue weighted by Gasteiger charge is 2.16. The van der Waals surface area contributed by atoms with Crippen LogP contribution in [0.15, 0.2) is 69.6 Å². The number of carbonyl (C=O) groups is 1. The molecule has 9 nitrogen and oxygen atoms in total. The summed E-state index contributed by atoms with van der Waals surface area (Å²) >= 11 is 1.24. The average Bonchev–Trinajstić information content (AvgIpc) is 3.11. The molecule has 0 saturated carbocycles. The topological polar surface area (TPSA) is 99.7 Å². The van der Waals surface area contributed by atoms with E-state index in [-0.39, 0.29) is 12.4 Å². The number of rotatable bonds is 7. The molecule has 1 N–H and O–H groups in total. The van der Waals surface area contributed by atoms with Crippen molar-refractivity contribution in [3.8, 4) is 11.5 Å². The van der Waals surface area contributed by atoms with Crippen molar-refractivity contribution in [3.63, 3.8) is 0 Å². The SMILES string of the molecule is COc1ccc(NC(=O)Cn2nc3c(Sc4ccc(F)cc4)nccn3c2=O)c(OC)c1. The molecule has 164 valence electrons. The molecule has 0 fully saturated rings. The lowest BCUT2D eigenvalue weighted by atomic mass is 10.2. The van der Waals surface area contributed by atoms with Crippen molar-refractivity contribution in [1.82, 2.24) is 19.2 Å². The molecule has 0 spiro atoms. The van der Waals surface area contributed by atoms with E-state index in [1.807, 2.05) is 0 Å². The summed E-state index contributed by atoms with van der Waals surface area (Å²) in [5.74, 6) is 0.192. The van der Waals surface area contributed by atoms with E-state index < -0.39 is 11.6 Å². The van der Waals surface area contributed by atoms with Crippen LogP contribution in [0.5, 0.6) is 11.5 Å². The molecule has 0 unspecified atom stereocenters. The molecule has 0 aliphatic rings. The minimum Gasteiger partial charge on any atom is -0.497 e. The lowest BCUT2D eigenvalue weighted by Crippen LogP contribution is -2.28. The fraction of sp³-hybridized carbons (Fsp3) is 0.143. The van der Waals surface area contributed by atoms with Crippen LogP contribution in [0.4, 0.5) is 10.1 Å². The van der Waals surface area contributed by atoms with Gasteiger partial charge in [0.1, 0.15) is 28.9 Å². The Hall–Kier alpha value is -3.86. The number of ether oxygens (including phenoxy) is 2. The standard InChI is InChI=1S/C21H18FN5O4S/c1-30-14-5-8-16(17(11-14)31-2)24-18(28)12-27-21(29)26-10-9-23-20(19(26)25-27)32-15-6-3-13(22)4-7-15/h3-11H,12H2,1-2H3,(H,24,28). The Labute approximate surface area is 185 Å². The number of methoxy groups -OCH3 is 2. The number of aromatic nitrogens is 4. The smallest absolute Gasteiger partial charge is 0.350 e. The Morgan fingerprint density at radius 1 is 1.16 bits per heavy atom.